The van der Waals surface area contributed by atoms with Crippen LogP contribution in [0.4, 0.5) is 0 Å². The van der Waals surface area contributed by atoms with Gasteiger partial charge in [-0.2, -0.15) is 0 Å². The zero-order chi connectivity index (χ0) is 10.5. The van der Waals surface area contributed by atoms with Crippen LogP contribution in [0, 0.1) is 0 Å². The largest absolute Gasteiger partial charge is 0.293 e. The fourth-order valence-corrected chi connectivity index (χ4v) is 8.43. The maximum absolute atomic E-state index is 2.75. The molecule has 0 aliphatic carbocycles. The molecule has 0 aromatic heterocycles. The van der Waals surface area contributed by atoms with Gasteiger partial charge in [0.25, 0.3) is 0 Å². The highest BCUT2D eigenvalue weighted by molar-refractivity contribution is 7.74. The summed E-state index contributed by atoms with van der Waals surface area (Å²) in [5.74, 6) is 0. The van der Waals surface area contributed by atoms with E-state index in [0.717, 1.165) is 0 Å². The first-order chi connectivity index (χ1) is 7.07. The van der Waals surface area contributed by atoms with Crippen LogP contribution in [0.2, 0.25) is 0 Å². The van der Waals surface area contributed by atoms with Crippen LogP contribution < -0.4 is 0 Å². The van der Waals surface area contributed by atoms with Crippen molar-refractivity contribution < 1.29 is 4.48 Å². The minimum atomic E-state index is -0.692. The summed E-state index contributed by atoms with van der Waals surface area (Å²) >= 11 is 0. The van der Waals surface area contributed by atoms with E-state index in [-0.39, 0.29) is 0 Å². The Balaban J connectivity index is 1.99. The minimum absolute atomic E-state index is 0.692. The number of quaternary nitrogens is 1. The van der Waals surface area contributed by atoms with Crippen molar-refractivity contribution >= 4 is 7.26 Å². The normalized spacial score (nSPS) is 54.8. The summed E-state index contributed by atoms with van der Waals surface area (Å²) in [6.07, 6.45) is 4.38. The summed E-state index contributed by atoms with van der Waals surface area (Å²) in [5.41, 5.74) is 0. The summed E-state index contributed by atoms with van der Waals surface area (Å²) in [6.45, 7) is 10.8. The number of likely N-dealkylation sites (N-methyl/N-ethyl adjacent to an activating group) is 1. The van der Waals surface area contributed by atoms with Gasteiger partial charge < -0.3 is 0 Å². The minimum Gasteiger partial charge on any atom is -0.293 e. The van der Waals surface area contributed by atoms with Crippen molar-refractivity contribution in [3.63, 3.8) is 0 Å². The number of hydrogen-bond donors (Lipinski definition) is 0. The zero-order valence-electron chi connectivity index (χ0n) is 10.2. The number of rotatable bonds is 0. The fourth-order valence-electron chi connectivity index (χ4n) is 3.73. The van der Waals surface area contributed by atoms with E-state index in [2.05, 4.69) is 23.5 Å². The fraction of sp³-hybridized carbons (Fsp3) is 1.00. The van der Waals surface area contributed by atoms with Gasteiger partial charge in [0.05, 0.1) is 47.2 Å². The Morgan fingerprint density at radius 1 is 0.933 bits per heavy atom. The van der Waals surface area contributed by atoms with E-state index < -0.39 is 7.26 Å². The van der Waals surface area contributed by atoms with Crippen LogP contribution in [0.15, 0.2) is 0 Å². The summed E-state index contributed by atoms with van der Waals surface area (Å²) in [4.78, 5) is 5.51. The van der Waals surface area contributed by atoms with Crippen molar-refractivity contribution in [2.24, 2.45) is 0 Å². The second-order valence-corrected chi connectivity index (χ2v) is 10.4. The predicted octanol–water partition coefficient (Wildman–Crippen LogP) is 0.598. The molecule has 3 aliphatic rings. The molecule has 0 radical (unpaired) electrons. The van der Waals surface area contributed by atoms with Gasteiger partial charge in [0, 0.05) is 13.1 Å². The number of hydrogen-bond acceptors (Lipinski definition) is 2. The molecule has 3 nitrogen and oxygen atoms in total. The molecular formula is C11H24N3P+2. The summed E-state index contributed by atoms with van der Waals surface area (Å²) < 4.78 is 1.36. The van der Waals surface area contributed by atoms with Crippen molar-refractivity contribution in [1.29, 1.82) is 0 Å². The van der Waals surface area contributed by atoms with Gasteiger partial charge in [0.15, 0.2) is 6.29 Å². The molecule has 0 saturated carbocycles. The molecule has 2 atom stereocenters. The van der Waals surface area contributed by atoms with Crippen molar-refractivity contribution in [2.75, 3.05) is 71.8 Å². The molecule has 3 fully saturated rings. The number of nitrogens with zero attached hydrogens (tertiary/aromatic N) is 3. The van der Waals surface area contributed by atoms with Crippen molar-refractivity contribution in [3.8, 4) is 0 Å². The van der Waals surface area contributed by atoms with Gasteiger partial charge in [0.1, 0.15) is 12.6 Å². The summed E-state index contributed by atoms with van der Waals surface area (Å²) in [5, 5.41) is 0. The Morgan fingerprint density at radius 2 is 1.47 bits per heavy atom. The third-order valence-corrected chi connectivity index (χ3v) is 7.94. The Bertz CT molecular complexity index is 251. The van der Waals surface area contributed by atoms with Crippen LogP contribution in [0.5, 0.6) is 0 Å². The van der Waals surface area contributed by atoms with Gasteiger partial charge >= 0.3 is 0 Å². The topological polar surface area (TPSA) is 6.48 Å². The molecule has 0 aromatic carbocycles. The molecule has 86 valence electrons. The molecule has 15 heavy (non-hydrogen) atoms. The average Bonchev–Trinajstić information content (AvgIpc) is 2.42. The van der Waals surface area contributed by atoms with E-state index in [4.69, 9.17) is 0 Å². The Labute approximate surface area is 93.9 Å². The zero-order valence-corrected chi connectivity index (χ0v) is 11.0. The third kappa shape index (κ3) is 1.95. The Hall–Kier alpha value is 0.310. The quantitative estimate of drug-likeness (QED) is 0.443. The molecule has 0 amide bonds. The molecule has 3 heterocycles. The standard InChI is InChI=1S/C11H24N3P/c1-14-7-5-12-3-4-13(6-8-14)10-15(2,9-12)11-14/h3-11H2,1-2H3/q+2. The Kier molecular flexibility index (Phi) is 2.37. The molecule has 0 N–H and O–H groups in total. The van der Waals surface area contributed by atoms with Gasteiger partial charge in [-0.1, -0.05) is 0 Å². The number of fused-ring (bicyclic) bond motifs is 3. The van der Waals surface area contributed by atoms with E-state index in [1.54, 1.807) is 0 Å². The van der Waals surface area contributed by atoms with E-state index in [1.165, 1.54) is 62.6 Å². The summed E-state index contributed by atoms with van der Waals surface area (Å²) in [6, 6.07) is 0. The first kappa shape index (κ1) is 10.5. The molecule has 3 rings (SSSR count). The first-order valence-electron chi connectivity index (χ1n) is 6.19. The van der Waals surface area contributed by atoms with Crippen LogP contribution in [0.25, 0.3) is 0 Å². The molecule has 3 saturated heterocycles. The molecule has 3 aliphatic heterocycles. The highest BCUT2D eigenvalue weighted by Crippen LogP contribution is 2.60. The van der Waals surface area contributed by atoms with E-state index in [1.807, 2.05) is 0 Å². The third-order valence-electron chi connectivity index (χ3n) is 4.41. The lowest BCUT2D eigenvalue weighted by Crippen LogP contribution is -2.48. The maximum atomic E-state index is 2.75. The van der Waals surface area contributed by atoms with Gasteiger partial charge in [-0.05, 0) is 0 Å². The predicted molar refractivity (Wildman–Crippen MR) is 66.5 cm³/mol. The molecule has 0 aromatic rings. The lowest BCUT2D eigenvalue weighted by Gasteiger charge is -2.32. The smallest absolute Gasteiger partial charge is 0.183 e. The maximum Gasteiger partial charge on any atom is 0.183 e. The van der Waals surface area contributed by atoms with Crippen molar-refractivity contribution in [2.45, 2.75) is 0 Å². The van der Waals surface area contributed by atoms with Crippen LogP contribution in [-0.4, -0.2) is 86.1 Å². The van der Waals surface area contributed by atoms with Crippen LogP contribution >= 0.6 is 7.26 Å². The van der Waals surface area contributed by atoms with Crippen LogP contribution in [-0.2, 0) is 0 Å². The second-order valence-electron chi connectivity index (χ2n) is 6.35. The first-order valence-corrected chi connectivity index (χ1v) is 8.98. The van der Waals surface area contributed by atoms with Crippen molar-refractivity contribution in [1.82, 2.24) is 9.80 Å². The monoisotopic (exact) mass is 229 g/mol. The van der Waals surface area contributed by atoms with E-state index in [9.17, 15) is 0 Å². The molecule has 4 bridgehead atoms. The average molecular weight is 229 g/mol. The summed E-state index contributed by atoms with van der Waals surface area (Å²) in [7, 11) is 1.81. The van der Waals surface area contributed by atoms with E-state index >= 15 is 0 Å². The Morgan fingerprint density at radius 3 is 2.00 bits per heavy atom. The van der Waals surface area contributed by atoms with Gasteiger partial charge in [-0.3, -0.25) is 14.3 Å². The second kappa shape index (κ2) is 3.40. The highest BCUT2D eigenvalue weighted by Gasteiger charge is 2.50. The highest BCUT2D eigenvalue weighted by atomic mass is 31.2. The van der Waals surface area contributed by atoms with Crippen LogP contribution in [0.3, 0.4) is 0 Å². The SMILES string of the molecule is C[N+]12CCN3CCN(CC1)C[P+](C)(C3)C2. The van der Waals surface area contributed by atoms with Crippen molar-refractivity contribution in [3.05, 3.63) is 0 Å². The van der Waals surface area contributed by atoms with Crippen LogP contribution in [0.1, 0.15) is 0 Å². The molecule has 2 unspecified atom stereocenters. The molecule has 4 heteroatoms. The van der Waals surface area contributed by atoms with E-state index in [0.29, 0.717) is 0 Å². The lowest BCUT2D eigenvalue weighted by atomic mass is 10.4. The van der Waals surface area contributed by atoms with Gasteiger partial charge in [-0.15, -0.1) is 0 Å². The molecular weight excluding hydrogens is 205 g/mol. The lowest BCUT2D eigenvalue weighted by molar-refractivity contribution is -0.896. The molecule has 0 spiro atoms. The van der Waals surface area contributed by atoms with Gasteiger partial charge in [-0.25, -0.2) is 0 Å². The van der Waals surface area contributed by atoms with Gasteiger partial charge in [0.2, 0.25) is 0 Å².